The minimum Gasteiger partial charge on any atom is -0.304 e. The zero-order chi connectivity index (χ0) is 18.7. The summed E-state index contributed by atoms with van der Waals surface area (Å²) in [5.41, 5.74) is 2.67. The Kier molecular flexibility index (Phi) is 4.93. The van der Waals surface area contributed by atoms with Gasteiger partial charge >= 0.3 is 0 Å². The second kappa shape index (κ2) is 7.31. The Hall–Kier alpha value is -3.28. The lowest BCUT2D eigenvalue weighted by Crippen LogP contribution is -2.27. The molecule has 0 saturated heterocycles. The maximum atomic E-state index is 12.9. The monoisotopic (exact) mass is 348 g/mol. The highest BCUT2D eigenvalue weighted by Gasteiger charge is 2.22. The molecule has 3 aromatic rings. The summed E-state index contributed by atoms with van der Waals surface area (Å²) in [4.78, 5) is 29.4. The van der Waals surface area contributed by atoms with Gasteiger partial charge in [0.2, 0.25) is 0 Å². The summed E-state index contributed by atoms with van der Waals surface area (Å²) in [7, 11) is 0. The first-order valence-corrected chi connectivity index (χ1v) is 8.32. The minimum atomic E-state index is -0.631. The van der Waals surface area contributed by atoms with Gasteiger partial charge in [-0.25, -0.2) is 0 Å². The second-order valence-corrected chi connectivity index (χ2v) is 6.07. The van der Waals surface area contributed by atoms with E-state index in [-0.39, 0.29) is 11.3 Å². The van der Waals surface area contributed by atoms with Gasteiger partial charge in [-0.3, -0.25) is 19.3 Å². The standard InChI is InChI=1S/C20H20N4O2/c1-4-16-8-9-19(25)23(12-16)15(3)20(26)18-11-22-24(14(18)2)13-17-7-5-6-10-21-17/h4-12,15H,1,13H2,2-3H3. The number of aromatic nitrogens is 4. The molecular formula is C20H20N4O2. The lowest BCUT2D eigenvalue weighted by Gasteiger charge is -2.14. The average molecular weight is 348 g/mol. The van der Waals surface area contributed by atoms with Crippen molar-refractivity contribution in [3.63, 3.8) is 0 Å². The Morgan fingerprint density at radius 1 is 1.31 bits per heavy atom. The molecule has 26 heavy (non-hydrogen) atoms. The van der Waals surface area contributed by atoms with Crippen LogP contribution in [0.15, 0.2) is 60.3 Å². The van der Waals surface area contributed by atoms with Gasteiger partial charge in [-0.15, -0.1) is 0 Å². The molecule has 0 aliphatic carbocycles. The highest BCUT2D eigenvalue weighted by atomic mass is 16.1. The largest absolute Gasteiger partial charge is 0.304 e. The molecular weight excluding hydrogens is 328 g/mol. The fourth-order valence-electron chi connectivity index (χ4n) is 2.79. The fourth-order valence-corrected chi connectivity index (χ4v) is 2.79. The number of nitrogens with zero attached hydrogens (tertiary/aromatic N) is 4. The maximum Gasteiger partial charge on any atom is 0.251 e. The molecule has 3 aromatic heterocycles. The quantitative estimate of drug-likeness (QED) is 0.642. The third-order valence-electron chi connectivity index (χ3n) is 4.40. The molecule has 0 bridgehead atoms. The van der Waals surface area contributed by atoms with E-state index in [2.05, 4.69) is 16.7 Å². The van der Waals surface area contributed by atoms with Gasteiger partial charge in [0.05, 0.1) is 30.0 Å². The van der Waals surface area contributed by atoms with Crippen molar-refractivity contribution in [1.82, 2.24) is 19.3 Å². The third-order valence-corrected chi connectivity index (χ3v) is 4.40. The Bertz CT molecular complexity index is 1000. The molecule has 0 spiro atoms. The second-order valence-electron chi connectivity index (χ2n) is 6.07. The third kappa shape index (κ3) is 3.39. The summed E-state index contributed by atoms with van der Waals surface area (Å²) in [6.45, 7) is 7.75. The van der Waals surface area contributed by atoms with Crippen LogP contribution in [0.1, 0.15) is 40.3 Å². The van der Waals surface area contributed by atoms with E-state index < -0.39 is 6.04 Å². The molecule has 6 heteroatoms. The molecule has 132 valence electrons. The predicted molar refractivity (Wildman–Crippen MR) is 100 cm³/mol. The minimum absolute atomic E-state index is 0.155. The number of carbonyl (C=O) groups is 1. The van der Waals surface area contributed by atoms with E-state index in [0.29, 0.717) is 12.1 Å². The summed E-state index contributed by atoms with van der Waals surface area (Å²) >= 11 is 0. The molecule has 1 atom stereocenters. The van der Waals surface area contributed by atoms with Crippen LogP contribution in [0.2, 0.25) is 0 Å². The number of ketones is 1. The first-order chi connectivity index (χ1) is 12.5. The Morgan fingerprint density at radius 3 is 2.81 bits per heavy atom. The molecule has 3 heterocycles. The van der Waals surface area contributed by atoms with Crippen LogP contribution < -0.4 is 5.56 Å². The van der Waals surface area contributed by atoms with Crippen LogP contribution in [0.4, 0.5) is 0 Å². The molecule has 0 amide bonds. The van der Waals surface area contributed by atoms with Crippen LogP contribution in [0.5, 0.6) is 0 Å². The van der Waals surface area contributed by atoms with Gasteiger partial charge < -0.3 is 4.57 Å². The van der Waals surface area contributed by atoms with Gasteiger partial charge in [-0.2, -0.15) is 5.10 Å². The SMILES string of the molecule is C=Cc1ccc(=O)n(C(C)C(=O)c2cnn(Cc3ccccn3)c2C)c1. The van der Waals surface area contributed by atoms with E-state index in [4.69, 9.17) is 0 Å². The van der Waals surface area contributed by atoms with Crippen molar-refractivity contribution in [3.05, 3.63) is 88.4 Å². The predicted octanol–water partition coefficient (Wildman–Crippen LogP) is 2.88. The van der Waals surface area contributed by atoms with Crippen molar-refractivity contribution in [3.8, 4) is 0 Å². The smallest absolute Gasteiger partial charge is 0.251 e. The van der Waals surface area contributed by atoms with Gasteiger partial charge in [0.1, 0.15) is 0 Å². The number of pyridine rings is 2. The van der Waals surface area contributed by atoms with Crippen molar-refractivity contribution in [2.75, 3.05) is 0 Å². The van der Waals surface area contributed by atoms with E-state index >= 15 is 0 Å². The number of Topliss-reactive ketones (excluding diaryl/α,β-unsaturated/α-hetero) is 1. The Morgan fingerprint density at radius 2 is 2.12 bits per heavy atom. The van der Waals surface area contributed by atoms with Crippen LogP contribution in [0.3, 0.4) is 0 Å². The number of hydrogen-bond acceptors (Lipinski definition) is 4. The molecule has 1 unspecified atom stereocenters. The van der Waals surface area contributed by atoms with Gasteiger partial charge in [-0.05, 0) is 37.6 Å². The van der Waals surface area contributed by atoms with Gasteiger partial charge in [0.25, 0.3) is 5.56 Å². The van der Waals surface area contributed by atoms with Crippen molar-refractivity contribution < 1.29 is 4.79 Å². The Balaban J connectivity index is 1.89. The van der Waals surface area contributed by atoms with Crippen LogP contribution in [-0.4, -0.2) is 25.1 Å². The molecule has 6 nitrogen and oxygen atoms in total. The summed E-state index contributed by atoms with van der Waals surface area (Å²) in [5.74, 6) is -0.155. The van der Waals surface area contributed by atoms with Gasteiger partial charge in [0, 0.05) is 24.2 Å². The van der Waals surface area contributed by atoms with Crippen molar-refractivity contribution in [2.45, 2.75) is 26.4 Å². The van der Waals surface area contributed by atoms with Crippen LogP contribution in [0.25, 0.3) is 6.08 Å². The zero-order valence-electron chi connectivity index (χ0n) is 14.8. The van der Waals surface area contributed by atoms with E-state index in [1.165, 1.54) is 10.6 Å². The van der Waals surface area contributed by atoms with E-state index in [9.17, 15) is 9.59 Å². The van der Waals surface area contributed by atoms with E-state index in [1.807, 2.05) is 25.1 Å². The van der Waals surface area contributed by atoms with Crippen molar-refractivity contribution in [1.29, 1.82) is 0 Å². The fraction of sp³-hybridized carbons (Fsp3) is 0.200. The van der Waals surface area contributed by atoms with Crippen molar-refractivity contribution in [2.24, 2.45) is 0 Å². The molecule has 0 aromatic carbocycles. The summed E-state index contributed by atoms with van der Waals surface area (Å²) in [6, 6.07) is 8.16. The summed E-state index contributed by atoms with van der Waals surface area (Å²) in [6.07, 6.45) is 6.57. The first kappa shape index (κ1) is 17.5. The molecule has 3 rings (SSSR count). The lowest BCUT2D eigenvalue weighted by atomic mass is 10.1. The highest BCUT2D eigenvalue weighted by Crippen LogP contribution is 2.17. The van der Waals surface area contributed by atoms with Crippen LogP contribution in [-0.2, 0) is 6.54 Å². The molecule has 0 fully saturated rings. The topological polar surface area (TPSA) is 69.8 Å². The molecule has 0 radical (unpaired) electrons. The normalized spacial score (nSPS) is 11.9. The zero-order valence-corrected chi connectivity index (χ0v) is 14.8. The van der Waals surface area contributed by atoms with E-state index in [1.54, 1.807) is 42.3 Å². The van der Waals surface area contributed by atoms with E-state index in [0.717, 1.165) is 17.0 Å². The van der Waals surface area contributed by atoms with Crippen LogP contribution >= 0.6 is 0 Å². The molecule has 0 saturated carbocycles. The maximum absolute atomic E-state index is 12.9. The number of hydrogen-bond donors (Lipinski definition) is 0. The van der Waals surface area contributed by atoms with Crippen LogP contribution in [0, 0.1) is 6.92 Å². The number of carbonyl (C=O) groups excluding carboxylic acids is 1. The summed E-state index contributed by atoms with van der Waals surface area (Å²) in [5, 5.41) is 4.32. The molecule has 0 N–H and O–H groups in total. The average Bonchev–Trinajstić information content (AvgIpc) is 3.02. The van der Waals surface area contributed by atoms with Crippen molar-refractivity contribution >= 4 is 11.9 Å². The highest BCUT2D eigenvalue weighted by molar-refractivity contribution is 5.99. The molecule has 0 aliphatic heterocycles. The Labute approximate surface area is 151 Å². The molecule has 0 aliphatic rings. The van der Waals surface area contributed by atoms with Gasteiger partial charge in [0.15, 0.2) is 5.78 Å². The number of rotatable bonds is 6. The lowest BCUT2D eigenvalue weighted by molar-refractivity contribution is 0.0932. The summed E-state index contributed by atoms with van der Waals surface area (Å²) < 4.78 is 3.17. The first-order valence-electron chi connectivity index (χ1n) is 8.32. The van der Waals surface area contributed by atoms with Gasteiger partial charge in [-0.1, -0.05) is 18.7 Å².